The molecule has 0 bridgehead atoms. The van der Waals surface area contributed by atoms with Crippen molar-refractivity contribution in [3.8, 4) is 0 Å². The molecule has 0 aromatic carbocycles. The van der Waals surface area contributed by atoms with Crippen LogP contribution < -0.4 is 11.1 Å². The molecular weight excluding hydrogens is 260 g/mol. The van der Waals surface area contributed by atoms with Crippen LogP contribution in [0.1, 0.15) is 38.2 Å². The Hall–Kier alpha value is -1.13. The highest BCUT2D eigenvalue weighted by Crippen LogP contribution is 2.38. The number of nitrogens with zero attached hydrogens (tertiary/aromatic N) is 2. The van der Waals surface area contributed by atoms with E-state index < -0.39 is 0 Å². The number of nitrogens with two attached hydrogens (primary N) is 1. The highest BCUT2D eigenvalue weighted by Gasteiger charge is 2.42. The second-order valence-corrected chi connectivity index (χ2v) is 6.80. The summed E-state index contributed by atoms with van der Waals surface area (Å²) in [5.74, 6) is 0.846. The van der Waals surface area contributed by atoms with Crippen molar-refractivity contribution in [3.05, 3.63) is 24.0 Å². The Morgan fingerprint density at radius 3 is 2.62 bits per heavy atom. The van der Waals surface area contributed by atoms with Gasteiger partial charge in [0.1, 0.15) is 0 Å². The van der Waals surface area contributed by atoms with Crippen molar-refractivity contribution in [1.29, 1.82) is 0 Å². The molecule has 1 atom stereocenters. The van der Waals surface area contributed by atoms with Crippen LogP contribution in [0, 0.1) is 5.92 Å². The molecule has 0 spiro atoms. The Kier molecular flexibility index (Phi) is 5.22. The van der Waals surface area contributed by atoms with Gasteiger partial charge in [-0.15, -0.1) is 0 Å². The zero-order valence-electron chi connectivity index (χ0n) is 13.9. The summed E-state index contributed by atoms with van der Waals surface area (Å²) in [7, 11) is 6.50. The van der Waals surface area contributed by atoms with Crippen molar-refractivity contribution in [1.82, 2.24) is 15.2 Å². The van der Waals surface area contributed by atoms with Crippen LogP contribution >= 0.6 is 0 Å². The molecule has 0 amide bonds. The summed E-state index contributed by atoms with van der Waals surface area (Å²) in [4.78, 5) is 6.66. The quantitative estimate of drug-likeness (QED) is 0.874. The number of aromatic nitrogens is 1. The third-order valence-corrected chi connectivity index (χ3v) is 5.39. The average Bonchev–Trinajstić information content (AvgIpc) is 2.47. The van der Waals surface area contributed by atoms with Crippen molar-refractivity contribution in [2.24, 2.45) is 5.92 Å². The summed E-state index contributed by atoms with van der Waals surface area (Å²) in [5, 5.41) is 3.56. The topological polar surface area (TPSA) is 54.2 Å². The van der Waals surface area contributed by atoms with Crippen molar-refractivity contribution < 1.29 is 0 Å². The average molecular weight is 290 g/mol. The van der Waals surface area contributed by atoms with Crippen LogP contribution in [0.2, 0.25) is 0 Å². The molecule has 1 unspecified atom stereocenters. The first kappa shape index (κ1) is 16.2. The largest absolute Gasteiger partial charge is 0.398 e. The smallest absolute Gasteiger partial charge is 0.0378 e. The minimum atomic E-state index is 0.212. The lowest BCUT2D eigenvalue weighted by Gasteiger charge is -2.50. The predicted octanol–water partition coefficient (Wildman–Crippen LogP) is 2.30. The van der Waals surface area contributed by atoms with E-state index in [-0.39, 0.29) is 5.54 Å². The standard InChI is InChI=1S/C17H30N4/c1-13-5-8-17(9-6-13,21(3)4)16(19-2)11-14-12-20-10-7-15(14)18/h7,10,12-13,16,19H,5-6,8-9,11H2,1-4H3,(H2,18,20). The molecule has 4 nitrogen and oxygen atoms in total. The fourth-order valence-corrected chi connectivity index (χ4v) is 3.76. The van der Waals surface area contributed by atoms with Gasteiger partial charge in [-0.25, -0.2) is 0 Å². The number of anilines is 1. The number of pyridine rings is 1. The van der Waals surface area contributed by atoms with Crippen molar-refractivity contribution in [2.75, 3.05) is 26.9 Å². The Balaban J connectivity index is 2.23. The number of nitrogens with one attached hydrogen (secondary N) is 1. The number of hydrogen-bond donors (Lipinski definition) is 2. The van der Waals surface area contributed by atoms with Crippen LogP contribution in [0.3, 0.4) is 0 Å². The van der Waals surface area contributed by atoms with Gasteiger partial charge in [0.25, 0.3) is 0 Å². The lowest BCUT2D eigenvalue weighted by molar-refractivity contribution is 0.0461. The van der Waals surface area contributed by atoms with Gasteiger partial charge >= 0.3 is 0 Å². The van der Waals surface area contributed by atoms with Gasteiger partial charge in [-0.3, -0.25) is 4.98 Å². The van der Waals surface area contributed by atoms with E-state index in [0.29, 0.717) is 6.04 Å². The molecule has 118 valence electrons. The van der Waals surface area contributed by atoms with Gasteiger partial charge in [0, 0.05) is 29.7 Å². The van der Waals surface area contributed by atoms with E-state index >= 15 is 0 Å². The first-order valence-corrected chi connectivity index (χ1v) is 8.02. The molecular formula is C17H30N4. The Labute approximate surface area is 129 Å². The van der Waals surface area contributed by atoms with Gasteiger partial charge in [0.05, 0.1) is 0 Å². The van der Waals surface area contributed by atoms with Crippen LogP contribution in [0.15, 0.2) is 18.5 Å². The third-order valence-electron chi connectivity index (χ3n) is 5.39. The predicted molar refractivity (Wildman–Crippen MR) is 89.3 cm³/mol. The molecule has 1 aromatic rings. The molecule has 1 aromatic heterocycles. The van der Waals surface area contributed by atoms with Crippen molar-refractivity contribution >= 4 is 5.69 Å². The van der Waals surface area contributed by atoms with E-state index in [9.17, 15) is 0 Å². The fourth-order valence-electron chi connectivity index (χ4n) is 3.76. The normalized spacial score (nSPS) is 27.8. The van der Waals surface area contributed by atoms with Crippen LogP contribution in [-0.4, -0.2) is 42.6 Å². The molecule has 0 aliphatic heterocycles. The second kappa shape index (κ2) is 6.75. The van der Waals surface area contributed by atoms with Gasteiger partial charge in [-0.05, 0) is 70.8 Å². The maximum Gasteiger partial charge on any atom is 0.0378 e. The summed E-state index contributed by atoms with van der Waals surface area (Å²) >= 11 is 0. The third kappa shape index (κ3) is 3.38. The minimum Gasteiger partial charge on any atom is -0.398 e. The van der Waals surface area contributed by atoms with Crippen LogP contribution in [0.5, 0.6) is 0 Å². The second-order valence-electron chi connectivity index (χ2n) is 6.80. The van der Waals surface area contributed by atoms with E-state index in [1.54, 1.807) is 6.20 Å². The van der Waals surface area contributed by atoms with Gasteiger partial charge in [0.15, 0.2) is 0 Å². The van der Waals surface area contributed by atoms with E-state index in [1.165, 1.54) is 25.7 Å². The molecule has 0 radical (unpaired) electrons. The van der Waals surface area contributed by atoms with Gasteiger partial charge in [-0.2, -0.15) is 0 Å². The highest BCUT2D eigenvalue weighted by atomic mass is 15.2. The number of likely N-dealkylation sites (N-methyl/N-ethyl adjacent to an activating group) is 2. The summed E-state index contributed by atoms with van der Waals surface area (Å²) in [6, 6.07) is 2.29. The Morgan fingerprint density at radius 1 is 1.43 bits per heavy atom. The van der Waals surface area contributed by atoms with Crippen LogP contribution in [-0.2, 0) is 6.42 Å². The zero-order valence-corrected chi connectivity index (χ0v) is 13.9. The lowest BCUT2D eigenvalue weighted by atomic mass is 9.70. The molecule has 1 fully saturated rings. The monoisotopic (exact) mass is 290 g/mol. The highest BCUT2D eigenvalue weighted by molar-refractivity contribution is 5.45. The lowest BCUT2D eigenvalue weighted by Crippen LogP contribution is -2.60. The summed E-state index contributed by atoms with van der Waals surface area (Å²) in [5.41, 5.74) is 8.32. The number of nitrogen functional groups attached to an aromatic ring is 1. The summed E-state index contributed by atoms with van der Waals surface area (Å²) < 4.78 is 0. The first-order chi connectivity index (χ1) is 9.99. The zero-order chi connectivity index (χ0) is 15.5. The molecule has 4 heteroatoms. The van der Waals surface area contributed by atoms with Gasteiger partial charge < -0.3 is 16.0 Å². The molecule has 1 aliphatic carbocycles. The molecule has 21 heavy (non-hydrogen) atoms. The van der Waals surface area contributed by atoms with Crippen molar-refractivity contribution in [3.63, 3.8) is 0 Å². The molecule has 3 N–H and O–H groups in total. The molecule has 1 saturated carbocycles. The molecule has 1 aliphatic rings. The van der Waals surface area contributed by atoms with Crippen LogP contribution in [0.4, 0.5) is 5.69 Å². The summed E-state index contributed by atoms with van der Waals surface area (Å²) in [6.07, 6.45) is 9.70. The number of rotatable bonds is 5. The molecule has 0 saturated heterocycles. The van der Waals surface area contributed by atoms with E-state index in [1.807, 2.05) is 12.3 Å². The fraction of sp³-hybridized carbons (Fsp3) is 0.706. The maximum absolute atomic E-state index is 6.11. The number of hydrogen-bond acceptors (Lipinski definition) is 4. The van der Waals surface area contributed by atoms with E-state index in [4.69, 9.17) is 5.73 Å². The Morgan fingerprint density at radius 2 is 2.10 bits per heavy atom. The molecule has 1 heterocycles. The first-order valence-electron chi connectivity index (χ1n) is 8.02. The Bertz CT molecular complexity index is 450. The van der Waals surface area contributed by atoms with E-state index in [2.05, 4.69) is 43.3 Å². The van der Waals surface area contributed by atoms with E-state index in [0.717, 1.165) is 23.6 Å². The van der Waals surface area contributed by atoms with Crippen molar-refractivity contribution in [2.45, 2.75) is 50.6 Å². The maximum atomic E-state index is 6.11. The summed E-state index contributed by atoms with van der Waals surface area (Å²) in [6.45, 7) is 2.37. The van der Waals surface area contributed by atoms with Gasteiger partial charge in [-0.1, -0.05) is 6.92 Å². The SMILES string of the molecule is CNC(Cc1cnccc1N)C1(N(C)C)CCC(C)CC1. The minimum absolute atomic E-state index is 0.212. The van der Waals surface area contributed by atoms with Gasteiger partial charge in [0.2, 0.25) is 0 Å². The van der Waals surface area contributed by atoms with Crippen LogP contribution in [0.25, 0.3) is 0 Å². The molecule has 2 rings (SSSR count).